The summed E-state index contributed by atoms with van der Waals surface area (Å²) in [4.78, 5) is 23.0. The van der Waals surface area contributed by atoms with Crippen LogP contribution in [-0.2, 0) is 9.53 Å². The van der Waals surface area contributed by atoms with Crippen LogP contribution in [0.15, 0.2) is 24.3 Å². The minimum Gasteiger partial charge on any atom is -0.467 e. The first-order valence-electron chi connectivity index (χ1n) is 6.96. The molecule has 0 aliphatic heterocycles. The number of ether oxygens (including phenoxy) is 1. The highest BCUT2D eigenvalue weighted by atomic mass is 16.5. The number of esters is 1. The summed E-state index contributed by atoms with van der Waals surface area (Å²) in [6, 6.07) is 6.63. The third kappa shape index (κ3) is 5.43. The summed E-state index contributed by atoms with van der Waals surface area (Å²) in [6.45, 7) is 6.54. The Bertz CT molecular complexity index is 491. The number of benzene rings is 1. The fraction of sp³-hybridized carbons (Fsp3) is 0.467. The molecule has 6 heteroatoms. The summed E-state index contributed by atoms with van der Waals surface area (Å²) >= 11 is 0. The van der Waals surface area contributed by atoms with Crippen LogP contribution in [0, 0.1) is 0 Å². The van der Waals surface area contributed by atoms with Crippen LogP contribution in [0.1, 0.15) is 32.4 Å². The van der Waals surface area contributed by atoms with E-state index in [0.717, 1.165) is 12.1 Å². The number of carbonyl (C=O) groups is 2. The largest absolute Gasteiger partial charge is 0.467 e. The van der Waals surface area contributed by atoms with E-state index in [2.05, 4.69) is 27.6 Å². The normalized spacial score (nSPS) is 13.1. The molecule has 2 amide bonds. The SMILES string of the molecule is CCNC(C)c1cccc(NC(=O)NC(C)C(=O)OC)c1. The summed E-state index contributed by atoms with van der Waals surface area (Å²) in [5.41, 5.74) is 1.75. The van der Waals surface area contributed by atoms with Crippen molar-refractivity contribution in [1.29, 1.82) is 0 Å². The second kappa shape index (κ2) is 8.26. The Hall–Kier alpha value is -2.08. The van der Waals surface area contributed by atoms with E-state index in [0.29, 0.717) is 5.69 Å². The summed E-state index contributed by atoms with van der Waals surface area (Å²) in [5, 5.41) is 8.52. The molecule has 6 nitrogen and oxygen atoms in total. The molecule has 116 valence electrons. The zero-order chi connectivity index (χ0) is 15.8. The highest BCUT2D eigenvalue weighted by molar-refractivity contribution is 5.92. The van der Waals surface area contributed by atoms with Crippen LogP contribution >= 0.6 is 0 Å². The van der Waals surface area contributed by atoms with Crippen LogP contribution in [0.25, 0.3) is 0 Å². The molecular formula is C15H23N3O3. The fourth-order valence-corrected chi connectivity index (χ4v) is 1.91. The second-order valence-electron chi connectivity index (χ2n) is 4.75. The van der Waals surface area contributed by atoms with Gasteiger partial charge in [0.05, 0.1) is 7.11 Å². The van der Waals surface area contributed by atoms with Crippen LogP contribution in [0.3, 0.4) is 0 Å². The first-order chi connectivity index (χ1) is 9.97. The quantitative estimate of drug-likeness (QED) is 0.701. The smallest absolute Gasteiger partial charge is 0.328 e. The number of rotatable bonds is 6. The molecule has 0 saturated carbocycles. The Morgan fingerprint density at radius 2 is 2.00 bits per heavy atom. The predicted octanol–water partition coefficient (Wildman–Crippen LogP) is 2.04. The Labute approximate surface area is 125 Å². The standard InChI is InChI=1S/C15H23N3O3/c1-5-16-10(2)12-7-6-8-13(9-12)18-15(20)17-11(3)14(19)21-4/h6-11,16H,5H2,1-4H3,(H2,17,18,20). The Kier molecular flexibility index (Phi) is 6.68. The molecule has 0 radical (unpaired) electrons. The van der Waals surface area contributed by atoms with Crippen LogP contribution in [-0.4, -0.2) is 31.7 Å². The van der Waals surface area contributed by atoms with Gasteiger partial charge in [0.2, 0.25) is 0 Å². The maximum atomic E-state index is 11.8. The lowest BCUT2D eigenvalue weighted by atomic mass is 10.1. The monoisotopic (exact) mass is 293 g/mol. The Morgan fingerprint density at radius 1 is 1.29 bits per heavy atom. The topological polar surface area (TPSA) is 79.5 Å². The third-order valence-corrected chi connectivity index (χ3v) is 3.06. The Morgan fingerprint density at radius 3 is 2.62 bits per heavy atom. The summed E-state index contributed by atoms with van der Waals surface area (Å²) < 4.78 is 4.55. The van der Waals surface area contributed by atoms with Gasteiger partial charge in [-0.15, -0.1) is 0 Å². The number of amides is 2. The first kappa shape index (κ1) is 17.0. The van der Waals surface area contributed by atoms with Crippen molar-refractivity contribution < 1.29 is 14.3 Å². The molecule has 0 aliphatic carbocycles. The molecule has 2 unspecified atom stereocenters. The van der Waals surface area contributed by atoms with Crippen LogP contribution in [0.2, 0.25) is 0 Å². The molecule has 0 bridgehead atoms. The molecule has 0 spiro atoms. The zero-order valence-electron chi connectivity index (χ0n) is 12.9. The van der Waals surface area contributed by atoms with E-state index >= 15 is 0 Å². The van der Waals surface area contributed by atoms with Crippen molar-refractivity contribution in [2.75, 3.05) is 19.0 Å². The molecule has 0 saturated heterocycles. The molecule has 1 aromatic rings. The fourth-order valence-electron chi connectivity index (χ4n) is 1.91. The predicted molar refractivity (Wildman–Crippen MR) is 82.2 cm³/mol. The number of hydrogen-bond donors (Lipinski definition) is 3. The minimum absolute atomic E-state index is 0.203. The van der Waals surface area contributed by atoms with Crippen LogP contribution < -0.4 is 16.0 Å². The lowest BCUT2D eigenvalue weighted by Crippen LogP contribution is -2.41. The number of carbonyl (C=O) groups excluding carboxylic acids is 2. The van der Waals surface area contributed by atoms with Gasteiger partial charge in [0.15, 0.2) is 0 Å². The molecule has 0 aromatic heterocycles. The first-order valence-corrected chi connectivity index (χ1v) is 6.96. The molecule has 2 atom stereocenters. The minimum atomic E-state index is -0.695. The van der Waals surface area contributed by atoms with Gasteiger partial charge < -0.3 is 20.7 Å². The van der Waals surface area contributed by atoms with E-state index in [1.165, 1.54) is 7.11 Å². The average molecular weight is 293 g/mol. The van der Waals surface area contributed by atoms with E-state index in [9.17, 15) is 9.59 Å². The number of nitrogens with one attached hydrogen (secondary N) is 3. The lowest BCUT2D eigenvalue weighted by molar-refractivity contribution is -0.142. The van der Waals surface area contributed by atoms with Gasteiger partial charge in [0.25, 0.3) is 0 Å². The van der Waals surface area contributed by atoms with Crippen LogP contribution in [0.5, 0.6) is 0 Å². The molecular weight excluding hydrogens is 270 g/mol. The van der Waals surface area contributed by atoms with Gasteiger partial charge in [0.1, 0.15) is 6.04 Å². The lowest BCUT2D eigenvalue weighted by Gasteiger charge is -2.15. The third-order valence-electron chi connectivity index (χ3n) is 3.06. The van der Waals surface area contributed by atoms with E-state index in [1.807, 2.05) is 25.1 Å². The number of urea groups is 1. The van der Waals surface area contributed by atoms with Crippen molar-refractivity contribution in [3.63, 3.8) is 0 Å². The second-order valence-corrected chi connectivity index (χ2v) is 4.75. The summed E-state index contributed by atoms with van der Waals surface area (Å²) in [6.07, 6.45) is 0. The van der Waals surface area contributed by atoms with E-state index in [1.54, 1.807) is 13.0 Å². The molecule has 1 aromatic carbocycles. The van der Waals surface area contributed by atoms with Crippen molar-refractivity contribution in [2.24, 2.45) is 0 Å². The Balaban J connectivity index is 2.64. The molecule has 0 heterocycles. The van der Waals surface area contributed by atoms with Gasteiger partial charge in [0, 0.05) is 11.7 Å². The average Bonchev–Trinajstić information content (AvgIpc) is 2.46. The number of methoxy groups -OCH3 is 1. The maximum Gasteiger partial charge on any atom is 0.328 e. The molecule has 3 N–H and O–H groups in total. The number of hydrogen-bond acceptors (Lipinski definition) is 4. The molecule has 0 fully saturated rings. The summed E-state index contributed by atoms with van der Waals surface area (Å²) in [5.74, 6) is -0.486. The van der Waals surface area contributed by atoms with Crippen LogP contribution in [0.4, 0.5) is 10.5 Å². The zero-order valence-corrected chi connectivity index (χ0v) is 12.9. The summed E-state index contributed by atoms with van der Waals surface area (Å²) in [7, 11) is 1.28. The number of anilines is 1. The van der Waals surface area contributed by atoms with Crippen molar-refractivity contribution in [3.8, 4) is 0 Å². The molecule has 0 aliphatic rings. The molecule has 1 rings (SSSR count). The highest BCUT2D eigenvalue weighted by Crippen LogP contribution is 2.17. The van der Waals surface area contributed by atoms with Gasteiger partial charge >= 0.3 is 12.0 Å². The van der Waals surface area contributed by atoms with Gasteiger partial charge in [-0.05, 0) is 38.1 Å². The maximum absolute atomic E-state index is 11.8. The van der Waals surface area contributed by atoms with Crippen molar-refractivity contribution >= 4 is 17.7 Å². The van der Waals surface area contributed by atoms with Crippen molar-refractivity contribution in [1.82, 2.24) is 10.6 Å². The van der Waals surface area contributed by atoms with Gasteiger partial charge in [-0.1, -0.05) is 19.1 Å². The highest BCUT2D eigenvalue weighted by Gasteiger charge is 2.15. The van der Waals surface area contributed by atoms with Gasteiger partial charge in [-0.3, -0.25) is 0 Å². The van der Waals surface area contributed by atoms with E-state index in [4.69, 9.17) is 0 Å². The van der Waals surface area contributed by atoms with Crippen molar-refractivity contribution in [3.05, 3.63) is 29.8 Å². The van der Waals surface area contributed by atoms with Gasteiger partial charge in [-0.25, -0.2) is 9.59 Å². The van der Waals surface area contributed by atoms with E-state index in [-0.39, 0.29) is 6.04 Å². The molecule has 21 heavy (non-hydrogen) atoms. The van der Waals surface area contributed by atoms with E-state index < -0.39 is 18.0 Å². The van der Waals surface area contributed by atoms with Crippen molar-refractivity contribution in [2.45, 2.75) is 32.9 Å². The van der Waals surface area contributed by atoms with Gasteiger partial charge in [-0.2, -0.15) is 0 Å².